The first-order valence-corrected chi connectivity index (χ1v) is 7.42. The minimum atomic E-state index is -0.0892. The van der Waals surface area contributed by atoms with Crippen LogP contribution in [0.25, 0.3) is 10.8 Å². The van der Waals surface area contributed by atoms with Crippen molar-refractivity contribution in [2.45, 2.75) is 18.9 Å². The molecule has 1 fully saturated rings. The second kappa shape index (κ2) is 5.74. The molecule has 2 aromatic carbocycles. The van der Waals surface area contributed by atoms with E-state index in [1.807, 2.05) is 49.5 Å². The van der Waals surface area contributed by atoms with Gasteiger partial charge < -0.3 is 16.0 Å². The van der Waals surface area contributed by atoms with Crippen LogP contribution in [0.3, 0.4) is 0 Å². The number of rotatable bonds is 4. The van der Waals surface area contributed by atoms with Crippen molar-refractivity contribution in [1.29, 1.82) is 0 Å². The van der Waals surface area contributed by atoms with Gasteiger partial charge in [0.25, 0.3) is 0 Å². The van der Waals surface area contributed by atoms with Gasteiger partial charge in [0.2, 0.25) is 0 Å². The number of benzene rings is 2. The summed E-state index contributed by atoms with van der Waals surface area (Å²) in [5.41, 5.74) is 6.66. The Morgan fingerprint density at radius 2 is 2.00 bits per heavy atom. The number of amides is 2. The lowest BCUT2D eigenvalue weighted by atomic mass is 10.1. The third-order valence-corrected chi connectivity index (χ3v) is 4.26. The maximum atomic E-state index is 12.4. The van der Waals surface area contributed by atoms with Gasteiger partial charge in [-0.3, -0.25) is 0 Å². The highest BCUT2D eigenvalue weighted by Gasteiger charge is 2.34. The minimum absolute atomic E-state index is 0.0892. The molecule has 3 N–H and O–H groups in total. The van der Waals surface area contributed by atoms with Crippen molar-refractivity contribution in [3.8, 4) is 0 Å². The molecular weight excluding hydrogens is 262 g/mol. The fourth-order valence-electron chi connectivity index (χ4n) is 2.84. The maximum Gasteiger partial charge on any atom is 0.321 e. The van der Waals surface area contributed by atoms with Crippen molar-refractivity contribution in [2.75, 3.05) is 18.9 Å². The Balaban J connectivity index is 1.79. The predicted octanol–water partition coefficient (Wildman–Crippen LogP) is 3.04. The fraction of sp³-hybridized carbons (Fsp3) is 0.353. The number of hydrogen-bond donors (Lipinski definition) is 2. The molecule has 2 amide bonds. The Bertz CT molecular complexity index is 646. The Labute approximate surface area is 124 Å². The number of urea groups is 1. The van der Waals surface area contributed by atoms with Gasteiger partial charge >= 0.3 is 6.03 Å². The summed E-state index contributed by atoms with van der Waals surface area (Å²) in [7, 11) is 1.83. The molecule has 0 bridgehead atoms. The van der Waals surface area contributed by atoms with Crippen LogP contribution in [0.1, 0.15) is 12.8 Å². The Hall–Kier alpha value is -2.07. The van der Waals surface area contributed by atoms with E-state index in [0.29, 0.717) is 12.5 Å². The highest BCUT2D eigenvalue weighted by Crippen LogP contribution is 2.34. The SMILES string of the molecule is CN(C(=O)Nc1cccc2ccccc12)C(CN)C1CC1. The highest BCUT2D eigenvalue weighted by molar-refractivity contribution is 6.01. The van der Waals surface area contributed by atoms with E-state index in [2.05, 4.69) is 5.32 Å². The van der Waals surface area contributed by atoms with Gasteiger partial charge in [-0.05, 0) is 30.2 Å². The second-order valence-electron chi connectivity index (χ2n) is 5.71. The van der Waals surface area contributed by atoms with E-state index in [9.17, 15) is 4.79 Å². The summed E-state index contributed by atoms with van der Waals surface area (Å²) in [4.78, 5) is 14.2. The van der Waals surface area contributed by atoms with E-state index in [0.717, 1.165) is 16.5 Å². The Morgan fingerprint density at radius 3 is 2.71 bits per heavy atom. The summed E-state index contributed by atoms with van der Waals surface area (Å²) in [5, 5.41) is 5.19. The molecule has 0 saturated heterocycles. The molecule has 3 rings (SSSR count). The number of nitrogens with two attached hydrogens (primary N) is 1. The number of hydrogen-bond acceptors (Lipinski definition) is 2. The van der Waals surface area contributed by atoms with Crippen LogP contribution >= 0.6 is 0 Å². The average Bonchev–Trinajstić information content (AvgIpc) is 3.33. The van der Waals surface area contributed by atoms with E-state index >= 15 is 0 Å². The van der Waals surface area contributed by atoms with Crippen molar-refractivity contribution >= 4 is 22.5 Å². The van der Waals surface area contributed by atoms with Crippen molar-refractivity contribution < 1.29 is 4.79 Å². The van der Waals surface area contributed by atoms with E-state index in [-0.39, 0.29) is 12.1 Å². The third kappa shape index (κ3) is 2.85. The number of nitrogens with zero attached hydrogens (tertiary/aromatic N) is 1. The lowest BCUT2D eigenvalue weighted by Gasteiger charge is -2.27. The zero-order valence-electron chi connectivity index (χ0n) is 12.3. The van der Waals surface area contributed by atoms with Crippen LogP contribution in [-0.2, 0) is 0 Å². The van der Waals surface area contributed by atoms with Crippen LogP contribution in [0.2, 0.25) is 0 Å². The molecule has 4 heteroatoms. The molecule has 0 spiro atoms. The predicted molar refractivity (Wildman–Crippen MR) is 86.3 cm³/mol. The second-order valence-corrected chi connectivity index (χ2v) is 5.71. The largest absolute Gasteiger partial charge is 0.328 e. The number of likely N-dealkylation sites (N-methyl/N-ethyl adjacent to an activating group) is 1. The maximum absolute atomic E-state index is 12.4. The Kier molecular flexibility index (Phi) is 3.80. The van der Waals surface area contributed by atoms with E-state index in [1.165, 1.54) is 12.8 Å². The van der Waals surface area contributed by atoms with Gasteiger partial charge in [0.15, 0.2) is 0 Å². The van der Waals surface area contributed by atoms with E-state index in [1.54, 1.807) is 4.90 Å². The van der Waals surface area contributed by atoms with Crippen LogP contribution in [0.5, 0.6) is 0 Å². The first-order chi connectivity index (χ1) is 10.2. The average molecular weight is 283 g/mol. The molecule has 1 atom stereocenters. The van der Waals surface area contributed by atoms with Crippen LogP contribution in [0.4, 0.5) is 10.5 Å². The van der Waals surface area contributed by atoms with Gasteiger partial charge in [0.05, 0.1) is 5.69 Å². The standard InChI is InChI=1S/C17H21N3O/c1-20(16(11-18)13-9-10-13)17(21)19-15-8-4-6-12-5-2-3-7-14(12)15/h2-8,13,16H,9-11,18H2,1H3,(H,19,21). The molecule has 0 aliphatic heterocycles. The van der Waals surface area contributed by atoms with Crippen LogP contribution in [0.15, 0.2) is 42.5 Å². The first kappa shape index (κ1) is 13.9. The molecule has 1 aliphatic carbocycles. The molecule has 1 saturated carbocycles. The zero-order chi connectivity index (χ0) is 14.8. The normalized spacial score (nSPS) is 15.7. The third-order valence-electron chi connectivity index (χ3n) is 4.26. The van der Waals surface area contributed by atoms with Crippen LogP contribution in [-0.4, -0.2) is 30.6 Å². The monoisotopic (exact) mass is 283 g/mol. The van der Waals surface area contributed by atoms with E-state index in [4.69, 9.17) is 5.73 Å². The summed E-state index contributed by atoms with van der Waals surface area (Å²) < 4.78 is 0. The number of anilines is 1. The molecule has 4 nitrogen and oxygen atoms in total. The van der Waals surface area contributed by atoms with Crippen LogP contribution < -0.4 is 11.1 Å². The van der Waals surface area contributed by atoms with Gasteiger partial charge in [-0.15, -0.1) is 0 Å². The summed E-state index contributed by atoms with van der Waals surface area (Å²) in [6.45, 7) is 0.518. The lowest BCUT2D eigenvalue weighted by molar-refractivity contribution is 0.198. The first-order valence-electron chi connectivity index (χ1n) is 7.42. The topological polar surface area (TPSA) is 58.4 Å². The Morgan fingerprint density at radius 1 is 1.29 bits per heavy atom. The summed E-state index contributed by atoms with van der Waals surface area (Å²) >= 11 is 0. The van der Waals surface area contributed by atoms with Crippen molar-refractivity contribution in [3.05, 3.63) is 42.5 Å². The molecular formula is C17H21N3O. The molecule has 0 radical (unpaired) electrons. The quantitative estimate of drug-likeness (QED) is 0.906. The fourth-order valence-corrected chi connectivity index (χ4v) is 2.84. The number of fused-ring (bicyclic) bond motifs is 1. The summed E-state index contributed by atoms with van der Waals surface area (Å²) in [6.07, 6.45) is 2.35. The van der Waals surface area contributed by atoms with Gasteiger partial charge in [-0.25, -0.2) is 4.79 Å². The summed E-state index contributed by atoms with van der Waals surface area (Å²) in [6, 6.07) is 14.0. The molecule has 2 aromatic rings. The number of carbonyl (C=O) groups is 1. The molecule has 0 heterocycles. The van der Waals surface area contributed by atoms with Crippen molar-refractivity contribution in [1.82, 2.24) is 4.90 Å². The van der Waals surface area contributed by atoms with Gasteiger partial charge in [-0.2, -0.15) is 0 Å². The minimum Gasteiger partial charge on any atom is -0.328 e. The van der Waals surface area contributed by atoms with Gasteiger partial charge in [-0.1, -0.05) is 36.4 Å². The smallest absolute Gasteiger partial charge is 0.321 e. The molecule has 110 valence electrons. The van der Waals surface area contributed by atoms with Crippen molar-refractivity contribution in [2.24, 2.45) is 11.7 Å². The van der Waals surface area contributed by atoms with E-state index < -0.39 is 0 Å². The van der Waals surface area contributed by atoms with Gasteiger partial charge in [0.1, 0.15) is 0 Å². The lowest BCUT2D eigenvalue weighted by Crippen LogP contribution is -2.45. The van der Waals surface area contributed by atoms with Crippen molar-refractivity contribution in [3.63, 3.8) is 0 Å². The molecule has 1 aliphatic rings. The van der Waals surface area contributed by atoms with Crippen LogP contribution in [0, 0.1) is 5.92 Å². The zero-order valence-corrected chi connectivity index (χ0v) is 12.3. The van der Waals surface area contributed by atoms with Gasteiger partial charge in [0, 0.05) is 25.0 Å². The summed E-state index contributed by atoms with van der Waals surface area (Å²) in [5.74, 6) is 0.568. The number of nitrogens with one attached hydrogen (secondary N) is 1. The highest BCUT2D eigenvalue weighted by atomic mass is 16.2. The number of carbonyl (C=O) groups excluding carboxylic acids is 1. The molecule has 21 heavy (non-hydrogen) atoms. The molecule has 1 unspecified atom stereocenters. The molecule has 0 aromatic heterocycles.